The summed E-state index contributed by atoms with van der Waals surface area (Å²) < 4.78 is 40.7. The van der Waals surface area contributed by atoms with Crippen LogP contribution in [0.5, 0.6) is 0 Å². The number of halogens is 2. The molecule has 1 atom stereocenters. The summed E-state index contributed by atoms with van der Waals surface area (Å²) in [7, 11) is 0. The number of rotatable bonds is 3. The van der Waals surface area contributed by atoms with Crippen LogP contribution in [0, 0.1) is 11.6 Å². The van der Waals surface area contributed by atoms with Crippen molar-refractivity contribution in [2.24, 2.45) is 0 Å². The van der Waals surface area contributed by atoms with Gasteiger partial charge in [-0.15, -0.1) is 0 Å². The van der Waals surface area contributed by atoms with E-state index in [0.29, 0.717) is 0 Å². The summed E-state index contributed by atoms with van der Waals surface area (Å²) in [6, 6.07) is 0. The highest BCUT2D eigenvalue weighted by Crippen LogP contribution is 2.11. The summed E-state index contributed by atoms with van der Waals surface area (Å²) in [4.78, 5) is 3.29. The molecule has 1 heterocycles. The maximum atomic E-state index is 12.8. The Labute approximate surface area is 76.4 Å². The molecule has 1 aromatic rings. The first-order chi connectivity index (χ1) is 6.11. The highest BCUT2D eigenvalue weighted by molar-refractivity contribution is 7.79. The first-order valence-electron chi connectivity index (χ1n) is 3.36. The van der Waals surface area contributed by atoms with Crippen LogP contribution in [0.25, 0.3) is 0 Å². The van der Waals surface area contributed by atoms with E-state index >= 15 is 0 Å². The summed E-state index contributed by atoms with van der Waals surface area (Å²) in [5.41, 5.74) is -0.259. The fourth-order valence-corrected chi connectivity index (χ4v) is 1.00. The molecule has 1 unspecified atom stereocenters. The van der Waals surface area contributed by atoms with E-state index in [0.717, 1.165) is 12.4 Å². The van der Waals surface area contributed by atoms with E-state index in [9.17, 15) is 13.0 Å². The standard InChI is InChI=1S/C7H7F2NO2S/c1-13(11)12-4-5-6(8)2-10-3-7(5)9/h2-3H,4H2,1H3. The van der Waals surface area contributed by atoms with E-state index < -0.39 is 22.7 Å². The van der Waals surface area contributed by atoms with Crippen LogP contribution in [0.1, 0.15) is 5.56 Å². The van der Waals surface area contributed by atoms with Crippen LogP contribution in [-0.2, 0) is 21.9 Å². The van der Waals surface area contributed by atoms with Crippen molar-refractivity contribution in [3.63, 3.8) is 0 Å². The van der Waals surface area contributed by atoms with Crippen molar-refractivity contribution in [2.45, 2.75) is 6.61 Å². The molecule has 0 saturated carbocycles. The largest absolute Gasteiger partial charge is 0.286 e. The lowest BCUT2D eigenvalue weighted by Gasteiger charge is -2.02. The van der Waals surface area contributed by atoms with Crippen molar-refractivity contribution in [3.05, 3.63) is 29.6 Å². The van der Waals surface area contributed by atoms with Gasteiger partial charge < -0.3 is 0 Å². The lowest BCUT2D eigenvalue weighted by molar-refractivity contribution is 0.323. The molecule has 0 fully saturated rings. The Balaban J connectivity index is 2.81. The second kappa shape index (κ2) is 4.38. The molecular weight excluding hydrogens is 200 g/mol. The number of hydrogen-bond donors (Lipinski definition) is 0. The molecule has 0 amide bonds. The Kier molecular flexibility index (Phi) is 3.44. The number of nitrogens with zero attached hydrogens (tertiary/aromatic N) is 1. The third-order valence-electron chi connectivity index (χ3n) is 1.32. The van der Waals surface area contributed by atoms with Crippen LogP contribution >= 0.6 is 0 Å². The number of pyridine rings is 1. The molecule has 6 heteroatoms. The Hall–Kier alpha value is -0.880. The van der Waals surface area contributed by atoms with Crippen molar-refractivity contribution in [1.82, 2.24) is 4.98 Å². The van der Waals surface area contributed by atoms with Crippen molar-refractivity contribution in [2.75, 3.05) is 6.26 Å². The first-order valence-corrected chi connectivity index (χ1v) is 4.84. The second-order valence-corrected chi connectivity index (χ2v) is 3.28. The molecule has 72 valence electrons. The van der Waals surface area contributed by atoms with E-state index in [1.807, 2.05) is 0 Å². The predicted molar refractivity (Wildman–Crippen MR) is 43.0 cm³/mol. The first kappa shape index (κ1) is 10.2. The number of aromatic nitrogens is 1. The molecule has 0 aliphatic rings. The minimum absolute atomic E-state index is 0.259. The van der Waals surface area contributed by atoms with E-state index in [4.69, 9.17) is 0 Å². The molecule has 0 radical (unpaired) electrons. The summed E-state index contributed by atoms with van der Waals surface area (Å²) >= 11 is -1.54. The maximum absolute atomic E-state index is 12.8. The third-order valence-corrected chi connectivity index (χ3v) is 1.77. The molecular formula is C7H7F2NO2S. The topological polar surface area (TPSA) is 39.2 Å². The Bertz CT molecular complexity index is 312. The van der Waals surface area contributed by atoms with Gasteiger partial charge in [-0.05, 0) is 0 Å². The highest BCUT2D eigenvalue weighted by Gasteiger charge is 2.09. The minimum Gasteiger partial charge on any atom is -0.286 e. The van der Waals surface area contributed by atoms with Gasteiger partial charge in [-0.25, -0.2) is 13.0 Å². The summed E-state index contributed by atoms with van der Waals surface area (Å²) in [5.74, 6) is -1.60. The van der Waals surface area contributed by atoms with E-state index in [-0.39, 0.29) is 12.2 Å². The molecule has 13 heavy (non-hydrogen) atoms. The average Bonchev–Trinajstić information content (AvgIpc) is 2.03. The third kappa shape index (κ3) is 2.82. The zero-order valence-electron chi connectivity index (χ0n) is 6.79. The minimum atomic E-state index is -1.54. The maximum Gasteiger partial charge on any atom is 0.152 e. The monoisotopic (exact) mass is 207 g/mol. The van der Waals surface area contributed by atoms with Gasteiger partial charge in [0.05, 0.1) is 24.6 Å². The van der Waals surface area contributed by atoms with Crippen molar-refractivity contribution in [3.8, 4) is 0 Å². The van der Waals surface area contributed by atoms with Gasteiger partial charge >= 0.3 is 0 Å². The van der Waals surface area contributed by atoms with Gasteiger partial charge in [0, 0.05) is 6.26 Å². The highest BCUT2D eigenvalue weighted by atomic mass is 32.2. The van der Waals surface area contributed by atoms with E-state index in [1.165, 1.54) is 6.26 Å². The second-order valence-electron chi connectivity index (χ2n) is 2.25. The molecule has 0 saturated heterocycles. The Morgan fingerprint density at radius 2 is 2.00 bits per heavy atom. The van der Waals surface area contributed by atoms with E-state index in [2.05, 4.69) is 9.17 Å². The summed E-state index contributed by atoms with van der Waals surface area (Å²) in [5, 5.41) is 0. The van der Waals surface area contributed by atoms with Gasteiger partial charge in [0.15, 0.2) is 11.1 Å². The quantitative estimate of drug-likeness (QED) is 0.746. The molecule has 1 aromatic heterocycles. The molecule has 0 aliphatic carbocycles. The number of hydrogen-bond acceptors (Lipinski definition) is 3. The van der Waals surface area contributed by atoms with E-state index in [1.54, 1.807) is 0 Å². The summed E-state index contributed by atoms with van der Waals surface area (Å²) in [6.07, 6.45) is 3.03. The normalized spacial score (nSPS) is 12.8. The molecule has 0 N–H and O–H groups in total. The Morgan fingerprint density at radius 1 is 1.46 bits per heavy atom. The molecule has 0 aromatic carbocycles. The fraction of sp³-hybridized carbons (Fsp3) is 0.286. The predicted octanol–water partition coefficient (Wildman–Crippen LogP) is 1.17. The van der Waals surface area contributed by atoms with Crippen molar-refractivity contribution < 1.29 is 17.2 Å². The molecule has 0 spiro atoms. The average molecular weight is 207 g/mol. The van der Waals surface area contributed by atoms with Crippen LogP contribution < -0.4 is 0 Å². The van der Waals surface area contributed by atoms with Crippen LogP contribution in [0.15, 0.2) is 12.4 Å². The van der Waals surface area contributed by atoms with Gasteiger partial charge in [0.2, 0.25) is 0 Å². The Morgan fingerprint density at radius 3 is 2.46 bits per heavy atom. The van der Waals surface area contributed by atoms with Gasteiger partial charge in [0.25, 0.3) is 0 Å². The van der Waals surface area contributed by atoms with Crippen LogP contribution in [-0.4, -0.2) is 15.4 Å². The molecule has 1 rings (SSSR count). The lowest BCUT2D eigenvalue weighted by Crippen LogP contribution is -2.01. The molecule has 0 aliphatic heterocycles. The summed E-state index contributed by atoms with van der Waals surface area (Å²) in [6.45, 7) is -0.358. The van der Waals surface area contributed by atoms with Crippen LogP contribution in [0.3, 0.4) is 0 Å². The zero-order chi connectivity index (χ0) is 9.84. The smallest absolute Gasteiger partial charge is 0.152 e. The van der Waals surface area contributed by atoms with Gasteiger partial charge in [-0.3, -0.25) is 9.17 Å². The van der Waals surface area contributed by atoms with Crippen LogP contribution in [0.4, 0.5) is 8.78 Å². The lowest BCUT2D eigenvalue weighted by atomic mass is 10.2. The SMILES string of the molecule is CS(=O)OCc1c(F)cncc1F. The van der Waals surface area contributed by atoms with Gasteiger partial charge in [0.1, 0.15) is 11.6 Å². The van der Waals surface area contributed by atoms with Crippen LogP contribution in [0.2, 0.25) is 0 Å². The van der Waals surface area contributed by atoms with Crippen molar-refractivity contribution in [1.29, 1.82) is 0 Å². The van der Waals surface area contributed by atoms with Gasteiger partial charge in [-0.1, -0.05) is 0 Å². The van der Waals surface area contributed by atoms with Gasteiger partial charge in [-0.2, -0.15) is 0 Å². The zero-order valence-corrected chi connectivity index (χ0v) is 7.61. The molecule has 3 nitrogen and oxygen atoms in total. The van der Waals surface area contributed by atoms with Crippen molar-refractivity contribution >= 4 is 11.1 Å². The molecule has 0 bridgehead atoms. The fourth-order valence-electron chi connectivity index (χ4n) is 0.718.